The summed E-state index contributed by atoms with van der Waals surface area (Å²) in [6.45, 7) is 14.3. The van der Waals surface area contributed by atoms with Gasteiger partial charge in [0.05, 0.1) is 6.04 Å². The lowest BCUT2D eigenvalue weighted by molar-refractivity contribution is 0.0705. The Morgan fingerprint density at radius 3 is 2.63 bits per heavy atom. The molecule has 1 aliphatic rings. The number of carboxylic acid groups (broad SMARTS) is 1. The third-order valence-corrected chi connectivity index (χ3v) is 7.84. The molecule has 0 aromatic carbocycles. The van der Waals surface area contributed by atoms with E-state index in [4.69, 9.17) is 9.72 Å². The van der Waals surface area contributed by atoms with Crippen molar-refractivity contribution in [3.8, 4) is 0 Å². The number of imidazole rings is 1. The van der Waals surface area contributed by atoms with Gasteiger partial charge in [0, 0.05) is 31.4 Å². The van der Waals surface area contributed by atoms with E-state index in [0.717, 1.165) is 40.3 Å². The first-order chi connectivity index (χ1) is 13.9. The monoisotopic (exact) mass is 496 g/mol. The molecule has 0 bridgehead atoms. The molecule has 1 N–H and O–H groups in total. The molecular weight excluding hydrogens is 464 g/mol. The molecular formula is C21H33BrN4O3Si. The molecule has 9 heteroatoms. The van der Waals surface area contributed by atoms with Crippen LogP contribution in [0, 0.1) is 5.41 Å². The summed E-state index contributed by atoms with van der Waals surface area (Å²) >= 11 is 3.46. The third kappa shape index (κ3) is 5.05. The number of pyridine rings is 1. The Bertz CT molecular complexity index is 919. The van der Waals surface area contributed by atoms with Crippen LogP contribution in [-0.4, -0.2) is 51.4 Å². The molecule has 2 aromatic rings. The maximum absolute atomic E-state index is 12.2. The quantitative estimate of drug-likeness (QED) is 0.407. The Balaban J connectivity index is 1.97. The van der Waals surface area contributed by atoms with Crippen molar-refractivity contribution in [1.29, 1.82) is 0 Å². The molecule has 0 spiro atoms. The average molecular weight is 498 g/mol. The first kappa shape index (κ1) is 23.2. The highest BCUT2D eigenvalue weighted by Crippen LogP contribution is 2.43. The van der Waals surface area contributed by atoms with Crippen molar-refractivity contribution in [2.24, 2.45) is 5.41 Å². The fourth-order valence-electron chi connectivity index (χ4n) is 4.10. The van der Waals surface area contributed by atoms with Crippen LogP contribution in [0.2, 0.25) is 25.7 Å². The summed E-state index contributed by atoms with van der Waals surface area (Å²) in [6, 6.07) is 2.64. The molecule has 1 aliphatic heterocycles. The number of hydrogen-bond acceptors (Lipinski definition) is 4. The number of aromatic nitrogens is 3. The van der Waals surface area contributed by atoms with E-state index in [1.807, 2.05) is 10.6 Å². The normalized spacial score (nSPS) is 20.3. The minimum Gasteiger partial charge on any atom is -0.465 e. The zero-order chi connectivity index (χ0) is 22.3. The largest absolute Gasteiger partial charge is 0.465 e. The van der Waals surface area contributed by atoms with Gasteiger partial charge in [-0.05, 0) is 46.3 Å². The van der Waals surface area contributed by atoms with Crippen LogP contribution in [0.25, 0.3) is 11.2 Å². The van der Waals surface area contributed by atoms with Gasteiger partial charge >= 0.3 is 6.09 Å². The van der Waals surface area contributed by atoms with Gasteiger partial charge in [-0.25, -0.2) is 14.8 Å². The zero-order valence-corrected chi connectivity index (χ0v) is 21.4. The highest BCUT2D eigenvalue weighted by Gasteiger charge is 2.45. The van der Waals surface area contributed by atoms with Crippen molar-refractivity contribution < 1.29 is 14.6 Å². The summed E-state index contributed by atoms with van der Waals surface area (Å²) in [5.41, 5.74) is 1.34. The van der Waals surface area contributed by atoms with Gasteiger partial charge in [-0.1, -0.05) is 40.4 Å². The molecule has 30 heavy (non-hydrogen) atoms. The van der Waals surface area contributed by atoms with Crippen molar-refractivity contribution in [1.82, 2.24) is 19.4 Å². The molecule has 3 heterocycles. The van der Waals surface area contributed by atoms with Crippen molar-refractivity contribution in [2.45, 2.75) is 78.1 Å². The number of carbonyl (C=O) groups is 1. The van der Waals surface area contributed by atoms with Crippen LogP contribution in [0.15, 0.2) is 16.7 Å². The Hall–Kier alpha value is -1.45. The van der Waals surface area contributed by atoms with Crippen molar-refractivity contribution in [3.63, 3.8) is 0 Å². The number of hydrogen-bond donors (Lipinski definition) is 1. The van der Waals surface area contributed by atoms with Gasteiger partial charge in [0.1, 0.15) is 18.1 Å². The van der Waals surface area contributed by atoms with Gasteiger partial charge in [0.15, 0.2) is 5.65 Å². The molecule has 2 unspecified atom stereocenters. The second-order valence-corrected chi connectivity index (χ2v) is 16.9. The van der Waals surface area contributed by atoms with Gasteiger partial charge in [-0.2, -0.15) is 0 Å². The lowest BCUT2D eigenvalue weighted by Gasteiger charge is -2.35. The van der Waals surface area contributed by atoms with E-state index in [1.165, 1.54) is 0 Å². The third-order valence-electron chi connectivity index (χ3n) is 5.70. The Kier molecular flexibility index (Phi) is 6.65. The number of amides is 1. The van der Waals surface area contributed by atoms with E-state index in [1.54, 1.807) is 11.1 Å². The van der Waals surface area contributed by atoms with Crippen LogP contribution in [0.5, 0.6) is 0 Å². The number of rotatable bonds is 6. The van der Waals surface area contributed by atoms with E-state index in [-0.39, 0.29) is 17.5 Å². The zero-order valence-electron chi connectivity index (χ0n) is 18.8. The minimum absolute atomic E-state index is 0.0548. The fraction of sp³-hybridized carbons (Fsp3) is 0.667. The van der Waals surface area contributed by atoms with E-state index in [9.17, 15) is 9.90 Å². The summed E-state index contributed by atoms with van der Waals surface area (Å²) in [4.78, 5) is 23.2. The Morgan fingerprint density at radius 2 is 2.03 bits per heavy atom. The topological polar surface area (TPSA) is 80.5 Å². The van der Waals surface area contributed by atoms with Gasteiger partial charge < -0.3 is 9.84 Å². The molecule has 0 saturated carbocycles. The number of nitrogens with zero attached hydrogens (tertiary/aromatic N) is 4. The Morgan fingerprint density at radius 1 is 1.33 bits per heavy atom. The molecule has 3 rings (SSSR count). The van der Waals surface area contributed by atoms with E-state index >= 15 is 0 Å². The summed E-state index contributed by atoms with van der Waals surface area (Å²) in [5.74, 6) is 0.720. The van der Waals surface area contributed by atoms with Crippen molar-refractivity contribution in [3.05, 3.63) is 22.6 Å². The molecule has 0 aliphatic carbocycles. The molecule has 1 amide bonds. The number of halogens is 1. The maximum atomic E-state index is 12.2. The van der Waals surface area contributed by atoms with Crippen LogP contribution in [-0.2, 0) is 11.5 Å². The summed E-state index contributed by atoms with van der Waals surface area (Å²) < 4.78 is 8.83. The van der Waals surface area contributed by atoms with Crippen LogP contribution in [0.3, 0.4) is 0 Å². The number of ether oxygens (including phenoxy) is 1. The molecule has 1 saturated heterocycles. The van der Waals surface area contributed by atoms with E-state index in [0.29, 0.717) is 13.3 Å². The first-order valence-corrected chi connectivity index (χ1v) is 15.0. The first-order valence-electron chi connectivity index (χ1n) is 10.5. The van der Waals surface area contributed by atoms with Gasteiger partial charge in [-0.15, -0.1) is 0 Å². The standard InChI is InChI=1S/C21H33BrN4O3Si/c1-21(2,3)17-8-7-16(26(17)20(27)28)19-24-15-11-14(22)12-23-18(15)25(19)13-29-9-10-30(4,5)6/h11-12,16-17H,7-10,13H2,1-6H3,(H,27,28). The van der Waals surface area contributed by atoms with Crippen LogP contribution < -0.4 is 0 Å². The molecule has 0 radical (unpaired) electrons. The van der Waals surface area contributed by atoms with E-state index in [2.05, 4.69) is 61.3 Å². The van der Waals surface area contributed by atoms with Crippen LogP contribution in [0.1, 0.15) is 45.5 Å². The van der Waals surface area contributed by atoms with Crippen molar-refractivity contribution >= 4 is 41.3 Å². The van der Waals surface area contributed by atoms with E-state index < -0.39 is 14.2 Å². The molecule has 166 valence electrons. The predicted molar refractivity (Wildman–Crippen MR) is 124 cm³/mol. The molecule has 1 fully saturated rings. The summed E-state index contributed by atoms with van der Waals surface area (Å²) in [5, 5.41) is 10.0. The maximum Gasteiger partial charge on any atom is 0.408 e. The smallest absolute Gasteiger partial charge is 0.408 e. The second kappa shape index (κ2) is 8.59. The lowest BCUT2D eigenvalue weighted by Crippen LogP contribution is -2.44. The highest BCUT2D eigenvalue weighted by atomic mass is 79.9. The average Bonchev–Trinajstić information content (AvgIpc) is 3.18. The number of fused-ring (bicyclic) bond motifs is 1. The van der Waals surface area contributed by atoms with Gasteiger partial charge in [0.25, 0.3) is 0 Å². The fourth-order valence-corrected chi connectivity index (χ4v) is 5.18. The second-order valence-electron chi connectivity index (χ2n) is 10.4. The predicted octanol–water partition coefficient (Wildman–Crippen LogP) is 5.74. The van der Waals surface area contributed by atoms with Gasteiger partial charge in [-0.3, -0.25) is 9.47 Å². The SMILES string of the molecule is CC(C)(C)C1CCC(c2nc3cc(Br)cnc3n2COCC[Si](C)(C)C)N1C(=O)O. The van der Waals surface area contributed by atoms with Crippen LogP contribution >= 0.6 is 15.9 Å². The number of likely N-dealkylation sites (tertiary alicyclic amines) is 1. The van der Waals surface area contributed by atoms with Crippen molar-refractivity contribution in [2.75, 3.05) is 6.61 Å². The molecule has 2 atom stereocenters. The summed E-state index contributed by atoms with van der Waals surface area (Å²) in [6.07, 6.45) is 2.41. The molecule has 2 aromatic heterocycles. The Labute approximate surface area is 188 Å². The lowest BCUT2D eigenvalue weighted by atomic mass is 9.85. The minimum atomic E-state index is -1.19. The van der Waals surface area contributed by atoms with Crippen LogP contribution in [0.4, 0.5) is 4.79 Å². The molecule has 7 nitrogen and oxygen atoms in total. The summed E-state index contributed by atoms with van der Waals surface area (Å²) in [7, 11) is -1.19. The van der Waals surface area contributed by atoms with Gasteiger partial charge in [0.2, 0.25) is 0 Å². The highest BCUT2D eigenvalue weighted by molar-refractivity contribution is 9.10.